The van der Waals surface area contributed by atoms with Crippen LogP contribution in [0.5, 0.6) is 11.5 Å². The minimum absolute atomic E-state index is 0.164. The van der Waals surface area contributed by atoms with E-state index in [9.17, 15) is 10.2 Å². The van der Waals surface area contributed by atoms with Gasteiger partial charge in [-0.3, -0.25) is 0 Å². The van der Waals surface area contributed by atoms with Gasteiger partial charge in [0.15, 0.2) is 11.5 Å². The smallest absolute Gasteiger partial charge is 0.161 e. The van der Waals surface area contributed by atoms with E-state index in [1.165, 1.54) is 0 Å². The molecule has 1 fully saturated rings. The normalized spacial score (nSPS) is 14.2. The Labute approximate surface area is 175 Å². The molecule has 0 spiro atoms. The van der Waals surface area contributed by atoms with Crippen molar-refractivity contribution >= 4 is 16.6 Å². The van der Waals surface area contributed by atoms with Crippen LogP contribution in [0.1, 0.15) is 11.1 Å². The molecule has 1 aromatic heterocycles. The molecule has 30 heavy (non-hydrogen) atoms. The molecule has 0 unspecified atom stereocenters. The van der Waals surface area contributed by atoms with Crippen molar-refractivity contribution in [1.29, 1.82) is 0 Å². The van der Waals surface area contributed by atoms with E-state index in [-0.39, 0.29) is 13.2 Å². The molecule has 0 radical (unpaired) electrons. The number of hydrogen-bond donors (Lipinski definition) is 3. The SMILES string of the molecule is COc1cc2cc(CO)c(CO)c(-c3ccnc(N4CCNCC4)c3)c2cc1OC. The maximum Gasteiger partial charge on any atom is 0.161 e. The van der Waals surface area contributed by atoms with E-state index in [1.807, 2.05) is 24.3 Å². The Balaban J connectivity index is 1.96. The van der Waals surface area contributed by atoms with Crippen LogP contribution in [0, 0.1) is 0 Å². The van der Waals surface area contributed by atoms with Crippen LogP contribution in [0.15, 0.2) is 36.5 Å². The monoisotopic (exact) mass is 409 g/mol. The Morgan fingerprint density at radius 1 is 1.00 bits per heavy atom. The average molecular weight is 409 g/mol. The molecule has 1 aliphatic rings. The second kappa shape index (κ2) is 8.87. The number of pyridine rings is 1. The van der Waals surface area contributed by atoms with Crippen molar-refractivity contribution in [2.75, 3.05) is 45.3 Å². The van der Waals surface area contributed by atoms with Gasteiger partial charge in [-0.1, -0.05) is 0 Å². The molecule has 2 aromatic carbocycles. The van der Waals surface area contributed by atoms with Crippen molar-refractivity contribution in [3.63, 3.8) is 0 Å². The molecule has 3 N–H and O–H groups in total. The molecule has 1 saturated heterocycles. The quantitative estimate of drug-likeness (QED) is 0.576. The summed E-state index contributed by atoms with van der Waals surface area (Å²) in [6, 6.07) is 9.71. The van der Waals surface area contributed by atoms with Crippen LogP contribution in [0.2, 0.25) is 0 Å². The highest BCUT2D eigenvalue weighted by molar-refractivity contribution is 6.01. The van der Waals surface area contributed by atoms with Crippen LogP contribution in [0.3, 0.4) is 0 Å². The van der Waals surface area contributed by atoms with Gasteiger partial charge in [-0.2, -0.15) is 0 Å². The van der Waals surface area contributed by atoms with Crippen LogP contribution < -0.4 is 19.7 Å². The number of aliphatic hydroxyl groups is 2. The van der Waals surface area contributed by atoms with Gasteiger partial charge in [0.05, 0.1) is 27.4 Å². The Morgan fingerprint density at radius 3 is 2.40 bits per heavy atom. The summed E-state index contributed by atoms with van der Waals surface area (Å²) in [5.74, 6) is 2.14. The lowest BCUT2D eigenvalue weighted by molar-refractivity contribution is 0.260. The molecule has 0 saturated carbocycles. The van der Waals surface area contributed by atoms with Gasteiger partial charge < -0.3 is 29.9 Å². The fourth-order valence-corrected chi connectivity index (χ4v) is 4.12. The number of ether oxygens (including phenoxy) is 2. The van der Waals surface area contributed by atoms with Crippen LogP contribution in [0.25, 0.3) is 21.9 Å². The molecule has 0 bridgehead atoms. The first-order chi connectivity index (χ1) is 14.7. The number of fused-ring (bicyclic) bond motifs is 1. The Morgan fingerprint density at radius 2 is 1.73 bits per heavy atom. The summed E-state index contributed by atoms with van der Waals surface area (Å²) in [6.07, 6.45) is 1.80. The molecular weight excluding hydrogens is 382 g/mol. The highest BCUT2D eigenvalue weighted by atomic mass is 16.5. The van der Waals surface area contributed by atoms with E-state index < -0.39 is 0 Å². The van der Waals surface area contributed by atoms with Gasteiger partial charge in [0.2, 0.25) is 0 Å². The number of nitrogens with one attached hydrogen (secondary N) is 1. The summed E-state index contributed by atoms with van der Waals surface area (Å²) in [4.78, 5) is 6.82. The first kappa shape index (κ1) is 20.4. The number of nitrogens with zero attached hydrogens (tertiary/aromatic N) is 2. The zero-order chi connectivity index (χ0) is 21.1. The first-order valence-corrected chi connectivity index (χ1v) is 10.0. The number of piperazine rings is 1. The van der Waals surface area contributed by atoms with E-state index in [2.05, 4.69) is 21.3 Å². The number of anilines is 1. The standard InChI is InChI=1S/C23H27N3O4/c1-29-20-10-16-9-17(13-27)19(14-28)23(18(16)12-21(20)30-2)15-3-4-25-22(11-15)26-7-5-24-6-8-26/h3-4,9-12,24,27-28H,5-8,13-14H2,1-2H3. The molecule has 0 aliphatic carbocycles. The van der Waals surface area contributed by atoms with Crippen molar-refractivity contribution < 1.29 is 19.7 Å². The fourth-order valence-electron chi connectivity index (χ4n) is 4.12. The zero-order valence-electron chi connectivity index (χ0n) is 17.3. The summed E-state index contributed by atoms with van der Waals surface area (Å²) in [6.45, 7) is 3.29. The topological polar surface area (TPSA) is 87.1 Å². The highest BCUT2D eigenvalue weighted by Gasteiger charge is 2.19. The Hall–Kier alpha value is -2.87. The third kappa shape index (κ3) is 3.67. The lowest BCUT2D eigenvalue weighted by atomic mass is 9.90. The van der Waals surface area contributed by atoms with Crippen molar-refractivity contribution in [3.8, 4) is 22.6 Å². The molecule has 4 rings (SSSR count). The first-order valence-electron chi connectivity index (χ1n) is 10.0. The molecule has 0 atom stereocenters. The average Bonchev–Trinajstić information content (AvgIpc) is 2.82. The highest BCUT2D eigenvalue weighted by Crippen LogP contribution is 2.41. The van der Waals surface area contributed by atoms with Gasteiger partial charge in [0.1, 0.15) is 5.82 Å². The van der Waals surface area contributed by atoms with Gasteiger partial charge in [0, 0.05) is 32.4 Å². The number of benzene rings is 2. The number of rotatable bonds is 6. The van der Waals surface area contributed by atoms with Crippen molar-refractivity contribution in [2.24, 2.45) is 0 Å². The molecule has 7 nitrogen and oxygen atoms in total. The van der Waals surface area contributed by atoms with Gasteiger partial charge in [-0.05, 0) is 63.4 Å². The fraction of sp³-hybridized carbons (Fsp3) is 0.348. The molecule has 0 amide bonds. The van der Waals surface area contributed by atoms with Gasteiger partial charge >= 0.3 is 0 Å². The van der Waals surface area contributed by atoms with Crippen LogP contribution >= 0.6 is 0 Å². The van der Waals surface area contributed by atoms with Gasteiger partial charge in [-0.15, -0.1) is 0 Å². The second-order valence-corrected chi connectivity index (χ2v) is 7.27. The molecule has 158 valence electrons. The van der Waals surface area contributed by atoms with Gasteiger partial charge in [0.25, 0.3) is 0 Å². The minimum Gasteiger partial charge on any atom is -0.493 e. The Bertz CT molecular complexity index is 1040. The summed E-state index contributed by atoms with van der Waals surface area (Å²) >= 11 is 0. The molecule has 2 heterocycles. The number of methoxy groups -OCH3 is 2. The van der Waals surface area contributed by atoms with Crippen molar-refractivity contribution in [3.05, 3.63) is 47.7 Å². The number of aromatic nitrogens is 1. The number of hydrogen-bond acceptors (Lipinski definition) is 7. The molecular formula is C23H27N3O4. The van der Waals surface area contributed by atoms with E-state index in [4.69, 9.17) is 9.47 Å². The van der Waals surface area contributed by atoms with Crippen LogP contribution in [-0.4, -0.2) is 55.6 Å². The summed E-state index contributed by atoms with van der Waals surface area (Å²) in [7, 11) is 3.20. The molecule has 3 aromatic rings. The maximum atomic E-state index is 10.2. The zero-order valence-corrected chi connectivity index (χ0v) is 17.3. The van der Waals surface area contributed by atoms with E-state index in [0.29, 0.717) is 22.6 Å². The summed E-state index contributed by atoms with van der Waals surface area (Å²) in [5, 5.41) is 25.4. The second-order valence-electron chi connectivity index (χ2n) is 7.27. The summed E-state index contributed by atoms with van der Waals surface area (Å²) in [5.41, 5.74) is 3.20. The number of aliphatic hydroxyl groups excluding tert-OH is 2. The molecule has 7 heteroatoms. The van der Waals surface area contributed by atoms with Crippen LogP contribution in [-0.2, 0) is 13.2 Å². The van der Waals surface area contributed by atoms with E-state index >= 15 is 0 Å². The summed E-state index contributed by atoms with van der Waals surface area (Å²) < 4.78 is 11.0. The Kier molecular flexibility index (Phi) is 6.03. The largest absolute Gasteiger partial charge is 0.493 e. The predicted molar refractivity (Wildman–Crippen MR) is 117 cm³/mol. The lowest BCUT2D eigenvalue weighted by Crippen LogP contribution is -2.43. The van der Waals surface area contributed by atoms with Crippen molar-refractivity contribution in [1.82, 2.24) is 10.3 Å². The maximum absolute atomic E-state index is 10.2. The third-order valence-electron chi connectivity index (χ3n) is 5.65. The van der Waals surface area contributed by atoms with Crippen molar-refractivity contribution in [2.45, 2.75) is 13.2 Å². The lowest BCUT2D eigenvalue weighted by Gasteiger charge is -2.28. The van der Waals surface area contributed by atoms with Gasteiger partial charge in [-0.25, -0.2) is 4.98 Å². The predicted octanol–water partition coefficient (Wildman–Crippen LogP) is 2.31. The van der Waals surface area contributed by atoms with E-state index in [1.54, 1.807) is 20.4 Å². The van der Waals surface area contributed by atoms with Crippen LogP contribution in [0.4, 0.5) is 5.82 Å². The minimum atomic E-state index is -0.180. The van der Waals surface area contributed by atoms with E-state index in [0.717, 1.165) is 53.9 Å². The molecule has 1 aliphatic heterocycles. The third-order valence-corrected chi connectivity index (χ3v) is 5.65.